The summed E-state index contributed by atoms with van der Waals surface area (Å²) in [5.74, 6) is 0.188. The highest BCUT2D eigenvalue weighted by molar-refractivity contribution is 5.97. The van der Waals surface area contributed by atoms with E-state index in [1.807, 2.05) is 18.2 Å². The molecule has 0 fully saturated rings. The van der Waals surface area contributed by atoms with Gasteiger partial charge in [0, 0.05) is 12.1 Å². The number of amides is 1. The molecule has 1 aromatic heterocycles. The minimum atomic E-state index is -0.0813. The Kier molecular flexibility index (Phi) is 4.05. The number of nitrogens with zero attached hydrogens (tertiary/aromatic N) is 1. The minimum absolute atomic E-state index is 0.0813. The van der Waals surface area contributed by atoms with Gasteiger partial charge in [-0.1, -0.05) is 12.1 Å². The Labute approximate surface area is 128 Å². The lowest BCUT2D eigenvalue weighted by atomic mass is 10.1. The topological polar surface area (TPSA) is 78.0 Å². The summed E-state index contributed by atoms with van der Waals surface area (Å²) in [6, 6.07) is 12.5. The zero-order chi connectivity index (χ0) is 15.4. The maximum absolute atomic E-state index is 12.1. The fourth-order valence-electron chi connectivity index (χ4n) is 2.34. The van der Waals surface area contributed by atoms with Gasteiger partial charge in [0.1, 0.15) is 5.75 Å². The average Bonchev–Trinajstić information content (AvgIpc) is 3.00. The Morgan fingerprint density at radius 1 is 1.18 bits per heavy atom. The number of hydrogen-bond acceptors (Lipinski definition) is 3. The number of fused-ring (bicyclic) bond motifs is 1. The normalized spacial score (nSPS) is 10.7. The molecule has 22 heavy (non-hydrogen) atoms. The first kappa shape index (κ1) is 14.1. The Hall–Kier alpha value is -2.82. The second kappa shape index (κ2) is 6.30. The van der Waals surface area contributed by atoms with Crippen molar-refractivity contribution < 1.29 is 9.90 Å². The molecule has 0 aliphatic heterocycles. The van der Waals surface area contributed by atoms with E-state index >= 15 is 0 Å². The molecule has 1 heterocycles. The number of carbonyl (C=O) groups is 1. The fraction of sp³-hybridized carbons (Fsp3) is 0.176. The molecule has 5 heteroatoms. The molecule has 0 bridgehead atoms. The van der Waals surface area contributed by atoms with Gasteiger partial charge < -0.3 is 15.4 Å². The zero-order valence-corrected chi connectivity index (χ0v) is 12.0. The summed E-state index contributed by atoms with van der Waals surface area (Å²) in [4.78, 5) is 19.2. The van der Waals surface area contributed by atoms with Gasteiger partial charge in [-0.3, -0.25) is 4.79 Å². The summed E-state index contributed by atoms with van der Waals surface area (Å²) >= 11 is 0. The van der Waals surface area contributed by atoms with Crippen molar-refractivity contribution in [3.63, 3.8) is 0 Å². The van der Waals surface area contributed by atoms with Crippen molar-refractivity contribution in [3.8, 4) is 5.75 Å². The molecule has 1 amide bonds. The second-order valence-electron chi connectivity index (χ2n) is 5.16. The molecule has 0 spiro atoms. The number of hydrogen-bond donors (Lipinski definition) is 3. The van der Waals surface area contributed by atoms with Crippen LogP contribution < -0.4 is 5.32 Å². The molecule has 3 N–H and O–H groups in total. The van der Waals surface area contributed by atoms with Gasteiger partial charge in [0.25, 0.3) is 5.91 Å². The van der Waals surface area contributed by atoms with Gasteiger partial charge in [0.05, 0.1) is 17.4 Å². The summed E-state index contributed by atoms with van der Waals surface area (Å²) in [5, 5.41) is 12.1. The average molecular weight is 295 g/mol. The number of benzene rings is 2. The van der Waals surface area contributed by atoms with E-state index in [2.05, 4.69) is 15.3 Å². The van der Waals surface area contributed by atoms with Gasteiger partial charge in [-0.15, -0.1) is 0 Å². The molecular weight excluding hydrogens is 278 g/mol. The molecule has 0 saturated carbocycles. The standard InChI is InChI=1S/C17H17N3O2/c21-14-6-3-12(4-7-14)2-1-9-18-17(22)13-5-8-15-16(10-13)20-11-19-15/h3-8,10-11,21H,1-2,9H2,(H,18,22)(H,19,20). The minimum Gasteiger partial charge on any atom is -0.508 e. The zero-order valence-electron chi connectivity index (χ0n) is 12.0. The van der Waals surface area contributed by atoms with Gasteiger partial charge in [0.15, 0.2) is 0 Å². The fourth-order valence-corrected chi connectivity index (χ4v) is 2.34. The molecular formula is C17H17N3O2. The number of rotatable bonds is 5. The highest BCUT2D eigenvalue weighted by Gasteiger charge is 2.06. The van der Waals surface area contributed by atoms with E-state index in [1.54, 1.807) is 30.6 Å². The van der Waals surface area contributed by atoms with E-state index in [9.17, 15) is 9.90 Å². The third kappa shape index (κ3) is 3.25. The summed E-state index contributed by atoms with van der Waals surface area (Å²) in [5.41, 5.74) is 3.48. The lowest BCUT2D eigenvalue weighted by molar-refractivity contribution is 0.0953. The van der Waals surface area contributed by atoms with Crippen LogP contribution in [0, 0.1) is 0 Å². The van der Waals surface area contributed by atoms with E-state index in [1.165, 1.54) is 0 Å². The molecule has 3 aromatic rings. The van der Waals surface area contributed by atoms with Gasteiger partial charge in [-0.05, 0) is 48.7 Å². The van der Waals surface area contributed by atoms with E-state index in [4.69, 9.17) is 0 Å². The molecule has 3 rings (SSSR count). The third-order valence-electron chi connectivity index (χ3n) is 3.55. The maximum atomic E-state index is 12.1. The smallest absolute Gasteiger partial charge is 0.251 e. The number of carbonyl (C=O) groups excluding carboxylic acids is 1. The summed E-state index contributed by atoms with van der Waals surface area (Å²) in [7, 11) is 0. The van der Waals surface area contributed by atoms with Crippen molar-refractivity contribution in [1.29, 1.82) is 0 Å². The van der Waals surface area contributed by atoms with Crippen LogP contribution in [0.2, 0.25) is 0 Å². The van der Waals surface area contributed by atoms with Crippen LogP contribution in [0.25, 0.3) is 11.0 Å². The predicted molar refractivity (Wildman–Crippen MR) is 84.9 cm³/mol. The van der Waals surface area contributed by atoms with Crippen LogP contribution in [0.4, 0.5) is 0 Å². The van der Waals surface area contributed by atoms with Gasteiger partial charge >= 0.3 is 0 Å². The largest absolute Gasteiger partial charge is 0.508 e. The molecule has 0 unspecified atom stereocenters. The molecule has 0 aliphatic carbocycles. The molecule has 0 aliphatic rings. The molecule has 5 nitrogen and oxygen atoms in total. The van der Waals surface area contributed by atoms with Crippen LogP contribution in [0.1, 0.15) is 22.3 Å². The summed E-state index contributed by atoms with van der Waals surface area (Å²) in [6.45, 7) is 0.612. The lowest BCUT2D eigenvalue weighted by Crippen LogP contribution is -2.24. The third-order valence-corrected chi connectivity index (χ3v) is 3.55. The van der Waals surface area contributed by atoms with Crippen molar-refractivity contribution >= 4 is 16.9 Å². The van der Waals surface area contributed by atoms with Crippen LogP contribution in [0.3, 0.4) is 0 Å². The highest BCUT2D eigenvalue weighted by atomic mass is 16.3. The number of aromatic hydroxyl groups is 1. The number of phenols is 1. The SMILES string of the molecule is O=C(NCCCc1ccc(O)cc1)c1ccc2nc[nH]c2c1. The monoisotopic (exact) mass is 295 g/mol. The Balaban J connectivity index is 1.50. The van der Waals surface area contributed by atoms with Crippen molar-refractivity contribution in [2.45, 2.75) is 12.8 Å². The number of imidazole rings is 1. The Morgan fingerprint density at radius 2 is 2.00 bits per heavy atom. The second-order valence-corrected chi connectivity index (χ2v) is 5.16. The van der Waals surface area contributed by atoms with E-state index in [0.717, 1.165) is 29.4 Å². The van der Waals surface area contributed by atoms with E-state index < -0.39 is 0 Å². The number of H-pyrrole nitrogens is 1. The van der Waals surface area contributed by atoms with Crippen molar-refractivity contribution in [2.75, 3.05) is 6.54 Å². The Bertz CT molecular complexity index is 778. The Morgan fingerprint density at radius 3 is 2.82 bits per heavy atom. The highest BCUT2D eigenvalue weighted by Crippen LogP contribution is 2.12. The molecule has 0 radical (unpaired) electrons. The first-order valence-electron chi connectivity index (χ1n) is 7.21. The van der Waals surface area contributed by atoms with Gasteiger partial charge in [0.2, 0.25) is 0 Å². The van der Waals surface area contributed by atoms with Crippen LogP contribution in [0.15, 0.2) is 48.8 Å². The molecule has 2 aromatic carbocycles. The van der Waals surface area contributed by atoms with Gasteiger partial charge in [-0.2, -0.15) is 0 Å². The number of phenolic OH excluding ortho intramolecular Hbond substituents is 1. The van der Waals surface area contributed by atoms with Crippen LogP contribution in [-0.2, 0) is 6.42 Å². The van der Waals surface area contributed by atoms with Crippen LogP contribution in [-0.4, -0.2) is 27.5 Å². The van der Waals surface area contributed by atoms with Crippen molar-refractivity contribution in [3.05, 3.63) is 59.9 Å². The predicted octanol–water partition coefficient (Wildman–Crippen LogP) is 2.63. The number of aromatic amines is 1. The molecule has 0 atom stereocenters. The first-order chi connectivity index (χ1) is 10.7. The maximum Gasteiger partial charge on any atom is 0.251 e. The quantitative estimate of drug-likeness (QED) is 0.633. The van der Waals surface area contributed by atoms with E-state index in [0.29, 0.717) is 12.1 Å². The number of aromatic nitrogens is 2. The molecule has 112 valence electrons. The summed E-state index contributed by atoms with van der Waals surface area (Å²) < 4.78 is 0. The first-order valence-corrected chi connectivity index (χ1v) is 7.21. The van der Waals surface area contributed by atoms with Crippen molar-refractivity contribution in [1.82, 2.24) is 15.3 Å². The summed E-state index contributed by atoms with van der Waals surface area (Å²) in [6.07, 6.45) is 3.33. The molecule has 0 saturated heterocycles. The number of aryl methyl sites for hydroxylation is 1. The van der Waals surface area contributed by atoms with Crippen LogP contribution in [0.5, 0.6) is 5.75 Å². The van der Waals surface area contributed by atoms with Crippen LogP contribution >= 0.6 is 0 Å². The lowest BCUT2D eigenvalue weighted by Gasteiger charge is -2.06. The van der Waals surface area contributed by atoms with Crippen molar-refractivity contribution in [2.24, 2.45) is 0 Å². The van der Waals surface area contributed by atoms with E-state index in [-0.39, 0.29) is 11.7 Å². The number of nitrogens with one attached hydrogen (secondary N) is 2. The van der Waals surface area contributed by atoms with Gasteiger partial charge in [-0.25, -0.2) is 4.98 Å².